The van der Waals surface area contributed by atoms with E-state index in [0.717, 1.165) is 17.7 Å². The number of amides is 2. The van der Waals surface area contributed by atoms with Crippen molar-refractivity contribution in [2.45, 2.75) is 38.1 Å². The van der Waals surface area contributed by atoms with Gasteiger partial charge in [-0.15, -0.1) is 0 Å². The molecule has 0 spiro atoms. The van der Waals surface area contributed by atoms with Crippen molar-refractivity contribution in [2.24, 2.45) is 5.92 Å². The monoisotopic (exact) mass is 254 g/mol. The van der Waals surface area contributed by atoms with Gasteiger partial charge in [-0.1, -0.05) is 6.92 Å². The number of carboxylic acids is 1. The van der Waals surface area contributed by atoms with Crippen LogP contribution in [0.2, 0.25) is 0 Å². The lowest BCUT2D eigenvalue weighted by Crippen LogP contribution is -2.61. The van der Waals surface area contributed by atoms with E-state index in [4.69, 9.17) is 0 Å². The highest BCUT2D eigenvalue weighted by molar-refractivity contribution is 6.02. The van der Waals surface area contributed by atoms with Crippen LogP contribution in [-0.2, 0) is 14.4 Å². The Morgan fingerprint density at radius 2 is 1.94 bits per heavy atom. The van der Waals surface area contributed by atoms with Crippen LogP contribution in [-0.4, -0.2) is 46.4 Å². The number of nitrogens with one attached hydrogen (secondary N) is 1. The van der Waals surface area contributed by atoms with Gasteiger partial charge in [0.05, 0.1) is 6.54 Å². The highest BCUT2D eigenvalue weighted by atomic mass is 16.4. The lowest BCUT2D eigenvalue weighted by atomic mass is 9.92. The van der Waals surface area contributed by atoms with Crippen LogP contribution in [0.1, 0.15) is 32.6 Å². The highest BCUT2D eigenvalue weighted by Crippen LogP contribution is 2.41. The van der Waals surface area contributed by atoms with E-state index in [1.807, 2.05) is 6.92 Å². The van der Waals surface area contributed by atoms with Crippen molar-refractivity contribution in [1.29, 1.82) is 0 Å². The van der Waals surface area contributed by atoms with Gasteiger partial charge >= 0.3 is 5.97 Å². The van der Waals surface area contributed by atoms with Crippen molar-refractivity contribution in [1.82, 2.24) is 10.2 Å². The smallest absolute Gasteiger partial charge is 0.326 e. The van der Waals surface area contributed by atoms with Crippen LogP contribution < -0.4 is 5.32 Å². The highest BCUT2D eigenvalue weighted by Gasteiger charge is 2.53. The second kappa shape index (κ2) is 4.68. The summed E-state index contributed by atoms with van der Waals surface area (Å²) < 4.78 is 0. The summed E-state index contributed by atoms with van der Waals surface area (Å²) in [5.74, 6) is -1.48. The maximum atomic E-state index is 11.6. The standard InChI is InChI=1S/C12H18N2O4/c1-2-13-12(11(17)18,8-3-4-8)7-14-9(15)5-6-10(14)16/h8,13H,2-7H2,1H3,(H,17,18). The van der Waals surface area contributed by atoms with Gasteiger partial charge in [-0.2, -0.15) is 0 Å². The molecule has 1 atom stereocenters. The topological polar surface area (TPSA) is 86.7 Å². The average molecular weight is 254 g/mol. The SMILES string of the molecule is CCNC(CN1C(=O)CCC1=O)(C(=O)O)C1CC1. The number of likely N-dealkylation sites (tertiary alicyclic amines) is 1. The van der Waals surface area contributed by atoms with E-state index in [1.165, 1.54) is 0 Å². The molecular formula is C12H18N2O4. The first-order valence-electron chi connectivity index (χ1n) is 6.33. The molecule has 2 rings (SSSR count). The Morgan fingerprint density at radius 3 is 2.33 bits per heavy atom. The third-order valence-corrected chi connectivity index (χ3v) is 3.71. The molecule has 2 amide bonds. The normalized spacial score (nSPS) is 23.3. The van der Waals surface area contributed by atoms with E-state index in [1.54, 1.807) is 0 Å². The molecule has 0 radical (unpaired) electrons. The first kappa shape index (κ1) is 13.0. The molecule has 0 aromatic heterocycles. The van der Waals surface area contributed by atoms with E-state index in [-0.39, 0.29) is 37.1 Å². The van der Waals surface area contributed by atoms with E-state index < -0.39 is 11.5 Å². The number of likely N-dealkylation sites (N-methyl/N-ethyl adjacent to an activating group) is 1. The Balaban J connectivity index is 2.21. The summed E-state index contributed by atoms with van der Waals surface area (Å²) >= 11 is 0. The van der Waals surface area contributed by atoms with Crippen molar-refractivity contribution < 1.29 is 19.5 Å². The molecule has 1 saturated carbocycles. The van der Waals surface area contributed by atoms with Gasteiger partial charge in [0, 0.05) is 12.8 Å². The molecule has 1 unspecified atom stereocenters. The second-order valence-corrected chi connectivity index (χ2v) is 4.95. The zero-order valence-electron chi connectivity index (χ0n) is 10.4. The number of nitrogens with zero attached hydrogens (tertiary/aromatic N) is 1. The molecule has 18 heavy (non-hydrogen) atoms. The summed E-state index contributed by atoms with van der Waals surface area (Å²) in [6.45, 7) is 2.28. The molecule has 100 valence electrons. The van der Waals surface area contributed by atoms with Gasteiger partial charge in [0.25, 0.3) is 0 Å². The fraction of sp³-hybridized carbons (Fsp3) is 0.750. The maximum absolute atomic E-state index is 11.6. The van der Waals surface area contributed by atoms with Gasteiger partial charge in [-0.3, -0.25) is 19.3 Å². The van der Waals surface area contributed by atoms with E-state index in [0.29, 0.717) is 6.54 Å². The van der Waals surface area contributed by atoms with E-state index >= 15 is 0 Å². The minimum absolute atomic E-state index is 0.0103. The molecule has 1 aliphatic heterocycles. The number of aliphatic carboxylic acids is 1. The number of carbonyl (C=O) groups is 3. The number of imide groups is 1. The quantitative estimate of drug-likeness (QED) is 0.650. The Hall–Kier alpha value is -1.43. The third kappa shape index (κ3) is 2.12. The summed E-state index contributed by atoms with van der Waals surface area (Å²) in [4.78, 5) is 35.9. The Labute approximate surface area is 105 Å². The van der Waals surface area contributed by atoms with E-state index in [2.05, 4.69) is 5.32 Å². The average Bonchev–Trinajstić information content (AvgIpc) is 3.11. The summed E-state index contributed by atoms with van der Waals surface area (Å²) in [5.41, 5.74) is -1.16. The predicted octanol–water partition coefficient (Wildman–Crippen LogP) is -0.0217. The molecule has 2 N–H and O–H groups in total. The van der Waals surface area contributed by atoms with E-state index in [9.17, 15) is 19.5 Å². The van der Waals surface area contributed by atoms with Crippen LogP contribution in [0.3, 0.4) is 0 Å². The summed E-state index contributed by atoms with van der Waals surface area (Å²) in [7, 11) is 0. The summed E-state index contributed by atoms with van der Waals surface area (Å²) in [6, 6.07) is 0. The Morgan fingerprint density at radius 1 is 1.39 bits per heavy atom. The largest absolute Gasteiger partial charge is 0.480 e. The number of hydrogen-bond donors (Lipinski definition) is 2. The van der Waals surface area contributed by atoms with Gasteiger partial charge < -0.3 is 10.4 Å². The van der Waals surface area contributed by atoms with Gasteiger partial charge in [0.2, 0.25) is 11.8 Å². The first-order valence-corrected chi connectivity index (χ1v) is 6.33. The molecule has 1 saturated heterocycles. The molecule has 6 heteroatoms. The minimum atomic E-state index is -1.16. The molecule has 0 aromatic rings. The van der Waals surface area contributed by atoms with Crippen molar-refractivity contribution in [3.63, 3.8) is 0 Å². The van der Waals surface area contributed by atoms with Crippen molar-refractivity contribution >= 4 is 17.8 Å². The maximum Gasteiger partial charge on any atom is 0.326 e. The lowest BCUT2D eigenvalue weighted by molar-refractivity contribution is -0.149. The number of rotatable bonds is 6. The number of hydrogen-bond acceptors (Lipinski definition) is 4. The lowest BCUT2D eigenvalue weighted by Gasteiger charge is -2.33. The Bertz CT molecular complexity index is 376. The van der Waals surface area contributed by atoms with Gasteiger partial charge in [0.1, 0.15) is 5.54 Å². The van der Waals surface area contributed by atoms with Crippen LogP contribution in [0.5, 0.6) is 0 Å². The van der Waals surface area contributed by atoms with Gasteiger partial charge in [-0.25, -0.2) is 0 Å². The van der Waals surface area contributed by atoms with Crippen molar-refractivity contribution in [2.75, 3.05) is 13.1 Å². The molecule has 2 fully saturated rings. The fourth-order valence-corrected chi connectivity index (χ4v) is 2.59. The molecule has 2 aliphatic rings. The van der Waals surface area contributed by atoms with Crippen LogP contribution in [0.25, 0.3) is 0 Å². The minimum Gasteiger partial charge on any atom is -0.480 e. The number of carbonyl (C=O) groups excluding carboxylic acids is 2. The first-order chi connectivity index (χ1) is 8.51. The van der Waals surface area contributed by atoms with Crippen LogP contribution in [0, 0.1) is 5.92 Å². The zero-order valence-corrected chi connectivity index (χ0v) is 10.4. The van der Waals surface area contributed by atoms with Gasteiger partial charge in [0.15, 0.2) is 0 Å². The number of carboxylic acid groups (broad SMARTS) is 1. The summed E-state index contributed by atoms with van der Waals surface area (Å²) in [6.07, 6.45) is 2.06. The van der Waals surface area contributed by atoms with Crippen LogP contribution >= 0.6 is 0 Å². The van der Waals surface area contributed by atoms with Crippen molar-refractivity contribution in [3.05, 3.63) is 0 Å². The zero-order chi connectivity index (χ0) is 13.3. The molecule has 0 aromatic carbocycles. The molecule has 6 nitrogen and oxygen atoms in total. The molecule has 1 aliphatic carbocycles. The van der Waals surface area contributed by atoms with Crippen molar-refractivity contribution in [3.8, 4) is 0 Å². The van der Waals surface area contributed by atoms with Crippen LogP contribution in [0.15, 0.2) is 0 Å². The molecule has 1 heterocycles. The third-order valence-electron chi connectivity index (χ3n) is 3.71. The fourth-order valence-electron chi connectivity index (χ4n) is 2.59. The molecular weight excluding hydrogens is 236 g/mol. The Kier molecular flexibility index (Phi) is 3.38. The second-order valence-electron chi connectivity index (χ2n) is 4.95. The predicted molar refractivity (Wildman–Crippen MR) is 62.7 cm³/mol. The van der Waals surface area contributed by atoms with Crippen LogP contribution in [0.4, 0.5) is 0 Å². The molecule has 0 bridgehead atoms. The van der Waals surface area contributed by atoms with Gasteiger partial charge in [-0.05, 0) is 25.3 Å². The summed E-state index contributed by atoms with van der Waals surface area (Å²) in [5, 5.41) is 12.5.